The Labute approximate surface area is 129 Å². The highest BCUT2D eigenvalue weighted by atomic mass is 16.5. The van der Waals surface area contributed by atoms with Crippen LogP contribution in [-0.4, -0.2) is 26.4 Å². The van der Waals surface area contributed by atoms with Crippen LogP contribution in [0.5, 0.6) is 5.88 Å². The van der Waals surface area contributed by atoms with Crippen LogP contribution in [-0.2, 0) is 0 Å². The van der Waals surface area contributed by atoms with Gasteiger partial charge < -0.3 is 4.74 Å². The second kappa shape index (κ2) is 5.97. The maximum Gasteiger partial charge on any atom is 0.219 e. The van der Waals surface area contributed by atoms with Crippen molar-refractivity contribution in [2.45, 2.75) is 20.8 Å². The minimum absolute atomic E-state index is 0.555. The number of aryl methyl sites for hydroxylation is 2. The van der Waals surface area contributed by atoms with E-state index in [2.05, 4.69) is 15.1 Å². The SMILES string of the molecule is CCOc1cc(-n2nc(C)cc2C)nc(-c2ccccc2)n1. The van der Waals surface area contributed by atoms with Crippen LogP contribution in [0.15, 0.2) is 42.5 Å². The van der Waals surface area contributed by atoms with Gasteiger partial charge in [-0.3, -0.25) is 0 Å². The molecule has 0 saturated heterocycles. The number of nitrogens with zero attached hydrogens (tertiary/aromatic N) is 4. The Morgan fingerprint density at radius 3 is 2.45 bits per heavy atom. The van der Waals surface area contributed by atoms with Gasteiger partial charge in [0.2, 0.25) is 5.88 Å². The van der Waals surface area contributed by atoms with E-state index in [9.17, 15) is 0 Å². The Hall–Kier alpha value is -2.69. The fraction of sp³-hybridized carbons (Fsp3) is 0.235. The van der Waals surface area contributed by atoms with Crippen LogP contribution in [0, 0.1) is 13.8 Å². The lowest BCUT2D eigenvalue weighted by atomic mass is 10.2. The normalized spacial score (nSPS) is 10.7. The minimum atomic E-state index is 0.555. The maximum atomic E-state index is 5.58. The molecule has 0 amide bonds. The van der Waals surface area contributed by atoms with Crippen molar-refractivity contribution in [1.29, 1.82) is 0 Å². The predicted molar refractivity (Wildman–Crippen MR) is 85.2 cm³/mol. The highest BCUT2D eigenvalue weighted by Gasteiger charge is 2.11. The lowest BCUT2D eigenvalue weighted by Crippen LogP contribution is -2.06. The first-order valence-corrected chi connectivity index (χ1v) is 7.28. The molecule has 3 rings (SSSR count). The van der Waals surface area contributed by atoms with Crippen LogP contribution in [0.1, 0.15) is 18.3 Å². The Balaban J connectivity index is 2.14. The summed E-state index contributed by atoms with van der Waals surface area (Å²) < 4.78 is 7.40. The Kier molecular flexibility index (Phi) is 3.87. The van der Waals surface area contributed by atoms with Crippen LogP contribution >= 0.6 is 0 Å². The van der Waals surface area contributed by atoms with Gasteiger partial charge in [0.1, 0.15) is 0 Å². The molecule has 5 heteroatoms. The predicted octanol–water partition coefficient (Wildman–Crippen LogP) is 3.34. The van der Waals surface area contributed by atoms with Gasteiger partial charge >= 0.3 is 0 Å². The molecule has 2 heterocycles. The second-order valence-corrected chi connectivity index (χ2v) is 5.03. The van der Waals surface area contributed by atoms with E-state index in [0.717, 1.165) is 17.0 Å². The monoisotopic (exact) mass is 294 g/mol. The van der Waals surface area contributed by atoms with E-state index in [-0.39, 0.29) is 0 Å². The molecule has 0 N–H and O–H groups in total. The first-order valence-electron chi connectivity index (χ1n) is 7.28. The van der Waals surface area contributed by atoms with Crippen molar-refractivity contribution < 1.29 is 4.74 Å². The van der Waals surface area contributed by atoms with Crippen LogP contribution in [0.25, 0.3) is 17.2 Å². The minimum Gasteiger partial charge on any atom is -0.478 e. The average Bonchev–Trinajstić information content (AvgIpc) is 2.87. The van der Waals surface area contributed by atoms with E-state index in [0.29, 0.717) is 24.1 Å². The van der Waals surface area contributed by atoms with Gasteiger partial charge in [-0.15, -0.1) is 0 Å². The summed E-state index contributed by atoms with van der Waals surface area (Å²) in [6.07, 6.45) is 0. The van der Waals surface area contributed by atoms with Crippen molar-refractivity contribution in [1.82, 2.24) is 19.7 Å². The molecule has 0 radical (unpaired) electrons. The Morgan fingerprint density at radius 1 is 1.05 bits per heavy atom. The molecular formula is C17H18N4O. The topological polar surface area (TPSA) is 52.8 Å². The maximum absolute atomic E-state index is 5.58. The first kappa shape index (κ1) is 14.3. The second-order valence-electron chi connectivity index (χ2n) is 5.03. The third-order valence-electron chi connectivity index (χ3n) is 3.24. The molecule has 0 bridgehead atoms. The van der Waals surface area contributed by atoms with E-state index in [1.807, 2.05) is 67.9 Å². The molecule has 0 spiro atoms. The largest absolute Gasteiger partial charge is 0.478 e. The van der Waals surface area contributed by atoms with E-state index in [1.165, 1.54) is 0 Å². The van der Waals surface area contributed by atoms with Gasteiger partial charge in [0.15, 0.2) is 11.6 Å². The first-order chi connectivity index (χ1) is 10.7. The molecule has 3 aromatic rings. The quantitative estimate of drug-likeness (QED) is 0.740. The van der Waals surface area contributed by atoms with Gasteiger partial charge in [-0.2, -0.15) is 10.1 Å². The molecule has 0 aliphatic rings. The zero-order chi connectivity index (χ0) is 15.5. The Bertz CT molecular complexity index is 781. The molecule has 5 nitrogen and oxygen atoms in total. The van der Waals surface area contributed by atoms with Gasteiger partial charge in [-0.25, -0.2) is 9.67 Å². The van der Waals surface area contributed by atoms with E-state index >= 15 is 0 Å². The smallest absolute Gasteiger partial charge is 0.219 e. The van der Waals surface area contributed by atoms with Gasteiger partial charge in [-0.1, -0.05) is 30.3 Å². The molecule has 0 aliphatic carbocycles. The summed E-state index contributed by atoms with van der Waals surface area (Å²) in [6.45, 7) is 6.46. The average molecular weight is 294 g/mol. The molecule has 0 fully saturated rings. The Morgan fingerprint density at radius 2 is 1.82 bits per heavy atom. The van der Waals surface area contributed by atoms with E-state index in [4.69, 9.17) is 4.74 Å². The fourth-order valence-electron chi connectivity index (χ4n) is 2.32. The van der Waals surface area contributed by atoms with Gasteiger partial charge in [0.05, 0.1) is 12.3 Å². The van der Waals surface area contributed by atoms with Crippen molar-refractivity contribution in [3.05, 3.63) is 53.9 Å². The number of hydrogen-bond acceptors (Lipinski definition) is 4. The molecule has 112 valence electrons. The van der Waals surface area contributed by atoms with Crippen molar-refractivity contribution in [3.8, 4) is 23.1 Å². The standard InChI is InChI=1S/C17H18N4O/c1-4-22-16-11-15(21-13(3)10-12(2)20-21)18-17(19-16)14-8-6-5-7-9-14/h5-11H,4H2,1-3H3. The van der Waals surface area contributed by atoms with Gasteiger partial charge in [0, 0.05) is 17.3 Å². The van der Waals surface area contributed by atoms with Crippen LogP contribution in [0.3, 0.4) is 0 Å². The summed E-state index contributed by atoms with van der Waals surface area (Å²) in [5, 5.41) is 4.49. The van der Waals surface area contributed by atoms with Crippen molar-refractivity contribution in [3.63, 3.8) is 0 Å². The lowest BCUT2D eigenvalue weighted by Gasteiger charge is -2.09. The van der Waals surface area contributed by atoms with E-state index < -0.39 is 0 Å². The number of ether oxygens (including phenoxy) is 1. The summed E-state index contributed by atoms with van der Waals surface area (Å²) in [6, 6.07) is 13.7. The summed E-state index contributed by atoms with van der Waals surface area (Å²) in [5.74, 6) is 1.90. The fourth-order valence-corrected chi connectivity index (χ4v) is 2.32. The summed E-state index contributed by atoms with van der Waals surface area (Å²) in [7, 11) is 0. The van der Waals surface area contributed by atoms with Crippen molar-refractivity contribution in [2.24, 2.45) is 0 Å². The molecule has 22 heavy (non-hydrogen) atoms. The molecule has 2 aromatic heterocycles. The summed E-state index contributed by atoms with van der Waals surface area (Å²) in [4.78, 5) is 9.12. The highest BCUT2D eigenvalue weighted by molar-refractivity contribution is 5.56. The third kappa shape index (κ3) is 2.83. The van der Waals surface area contributed by atoms with Crippen LogP contribution in [0.2, 0.25) is 0 Å². The van der Waals surface area contributed by atoms with Gasteiger partial charge in [0.25, 0.3) is 0 Å². The summed E-state index contributed by atoms with van der Waals surface area (Å²) in [5.41, 5.74) is 2.93. The zero-order valence-electron chi connectivity index (χ0n) is 12.9. The van der Waals surface area contributed by atoms with Crippen molar-refractivity contribution >= 4 is 0 Å². The van der Waals surface area contributed by atoms with Crippen LogP contribution in [0.4, 0.5) is 0 Å². The van der Waals surface area contributed by atoms with Gasteiger partial charge in [-0.05, 0) is 26.8 Å². The summed E-state index contributed by atoms with van der Waals surface area (Å²) >= 11 is 0. The lowest BCUT2D eigenvalue weighted by molar-refractivity contribution is 0.326. The number of hydrogen-bond donors (Lipinski definition) is 0. The molecule has 1 aromatic carbocycles. The number of benzene rings is 1. The highest BCUT2D eigenvalue weighted by Crippen LogP contribution is 2.21. The molecule has 0 unspecified atom stereocenters. The van der Waals surface area contributed by atoms with Crippen LogP contribution < -0.4 is 4.74 Å². The zero-order valence-corrected chi connectivity index (χ0v) is 12.9. The molecular weight excluding hydrogens is 276 g/mol. The number of rotatable bonds is 4. The molecule has 0 aliphatic heterocycles. The third-order valence-corrected chi connectivity index (χ3v) is 3.24. The van der Waals surface area contributed by atoms with E-state index in [1.54, 1.807) is 0 Å². The molecule has 0 saturated carbocycles. The number of aromatic nitrogens is 4. The molecule has 0 atom stereocenters. The van der Waals surface area contributed by atoms with Crippen molar-refractivity contribution in [2.75, 3.05) is 6.61 Å².